The lowest BCUT2D eigenvalue weighted by atomic mass is 9.89. The van der Waals surface area contributed by atoms with Crippen molar-refractivity contribution >= 4 is 10.9 Å². The van der Waals surface area contributed by atoms with Gasteiger partial charge in [0.05, 0.1) is 5.69 Å². The quantitative estimate of drug-likeness (QED) is 0.514. The first-order valence-corrected chi connectivity index (χ1v) is 10.1. The molecule has 142 valence electrons. The molecule has 1 N–H and O–H groups in total. The van der Waals surface area contributed by atoms with Gasteiger partial charge in [-0.2, -0.15) is 0 Å². The number of para-hydroxylation sites is 1. The summed E-state index contributed by atoms with van der Waals surface area (Å²) in [6.45, 7) is 5.07. The highest BCUT2D eigenvalue weighted by molar-refractivity contribution is 5.83. The molecule has 0 saturated carbocycles. The third-order valence-electron chi connectivity index (χ3n) is 5.94. The molecule has 0 unspecified atom stereocenters. The molecule has 3 heterocycles. The van der Waals surface area contributed by atoms with Crippen molar-refractivity contribution in [3.05, 3.63) is 77.8 Å². The Labute approximate surface area is 165 Å². The van der Waals surface area contributed by atoms with E-state index >= 15 is 0 Å². The van der Waals surface area contributed by atoms with Crippen LogP contribution < -0.4 is 0 Å². The van der Waals surface area contributed by atoms with Gasteiger partial charge in [-0.15, -0.1) is 0 Å². The molecule has 1 fully saturated rings. The topological polar surface area (TPSA) is 45.1 Å². The summed E-state index contributed by atoms with van der Waals surface area (Å²) in [4.78, 5) is 10.7. The molecule has 4 heteroatoms. The minimum absolute atomic E-state index is 0.630. The number of hydrogen-bond acceptors (Lipinski definition) is 3. The summed E-state index contributed by atoms with van der Waals surface area (Å²) in [5.74, 6) is 2.28. The minimum atomic E-state index is 0.630. The number of piperidine rings is 1. The zero-order valence-electron chi connectivity index (χ0n) is 16.2. The number of aromatic amines is 1. The monoisotopic (exact) mass is 371 g/mol. The summed E-state index contributed by atoms with van der Waals surface area (Å²) >= 11 is 0. The van der Waals surface area contributed by atoms with E-state index in [0.29, 0.717) is 5.92 Å². The van der Waals surface area contributed by atoms with Crippen LogP contribution in [0.25, 0.3) is 22.4 Å². The number of hydrogen-bond donors (Lipinski definition) is 1. The summed E-state index contributed by atoms with van der Waals surface area (Å²) in [5, 5.41) is 1.38. The Balaban J connectivity index is 1.26. The van der Waals surface area contributed by atoms with Gasteiger partial charge in [0.1, 0.15) is 5.76 Å². The van der Waals surface area contributed by atoms with Gasteiger partial charge in [0.2, 0.25) is 5.89 Å². The number of H-pyrrole nitrogens is 1. The number of benzene rings is 2. The summed E-state index contributed by atoms with van der Waals surface area (Å²) in [5.41, 5.74) is 4.81. The lowest BCUT2D eigenvalue weighted by Crippen LogP contribution is -2.32. The van der Waals surface area contributed by atoms with Gasteiger partial charge in [0.25, 0.3) is 0 Å². The molecule has 28 heavy (non-hydrogen) atoms. The molecule has 0 bridgehead atoms. The molecule has 1 aliphatic rings. The van der Waals surface area contributed by atoms with E-state index in [1.54, 1.807) is 0 Å². The Bertz CT molecular complexity index is 1070. The summed E-state index contributed by atoms with van der Waals surface area (Å²) in [6.07, 6.45) is 4.58. The molecule has 0 amide bonds. The lowest BCUT2D eigenvalue weighted by Gasteiger charge is -2.31. The minimum Gasteiger partial charge on any atom is -0.441 e. The number of fused-ring (bicyclic) bond motifs is 1. The number of oxazole rings is 1. The normalized spacial score (nSPS) is 16.0. The number of nitrogens with one attached hydrogen (secondary N) is 1. The molecular weight excluding hydrogens is 346 g/mol. The van der Waals surface area contributed by atoms with Gasteiger partial charge in [0, 0.05) is 29.2 Å². The van der Waals surface area contributed by atoms with Crippen molar-refractivity contribution < 1.29 is 4.42 Å². The van der Waals surface area contributed by atoms with Crippen LogP contribution >= 0.6 is 0 Å². The van der Waals surface area contributed by atoms with E-state index in [4.69, 9.17) is 9.40 Å². The van der Waals surface area contributed by atoms with E-state index in [1.165, 1.54) is 29.3 Å². The number of aryl methyl sites for hydroxylation is 1. The Kier molecular flexibility index (Phi) is 4.49. The summed E-state index contributed by atoms with van der Waals surface area (Å²) in [6, 6.07) is 18.8. The van der Waals surface area contributed by atoms with Crippen LogP contribution in [0.15, 0.2) is 65.2 Å². The van der Waals surface area contributed by atoms with E-state index in [-0.39, 0.29) is 0 Å². The second kappa shape index (κ2) is 7.28. The van der Waals surface area contributed by atoms with Crippen LogP contribution in [-0.2, 0) is 6.54 Å². The second-order valence-electron chi connectivity index (χ2n) is 7.73. The zero-order valence-corrected chi connectivity index (χ0v) is 16.2. The van der Waals surface area contributed by atoms with Gasteiger partial charge < -0.3 is 9.40 Å². The number of nitrogens with zero attached hydrogens (tertiary/aromatic N) is 2. The third-order valence-corrected chi connectivity index (χ3v) is 5.94. The lowest BCUT2D eigenvalue weighted by molar-refractivity contribution is 0.202. The van der Waals surface area contributed by atoms with Gasteiger partial charge in [-0.05, 0) is 62.5 Å². The predicted octanol–water partition coefficient (Wildman–Crippen LogP) is 5.51. The van der Waals surface area contributed by atoms with Crippen LogP contribution in [-0.4, -0.2) is 28.0 Å². The van der Waals surface area contributed by atoms with Gasteiger partial charge in [-0.3, -0.25) is 4.90 Å². The Morgan fingerprint density at radius 2 is 1.79 bits per heavy atom. The van der Waals surface area contributed by atoms with E-state index in [2.05, 4.69) is 40.3 Å². The zero-order chi connectivity index (χ0) is 18.9. The highest BCUT2D eigenvalue weighted by Gasteiger charge is 2.24. The fourth-order valence-corrected chi connectivity index (χ4v) is 4.32. The summed E-state index contributed by atoms with van der Waals surface area (Å²) in [7, 11) is 0. The predicted molar refractivity (Wildman–Crippen MR) is 112 cm³/mol. The van der Waals surface area contributed by atoms with Crippen molar-refractivity contribution in [3.8, 4) is 11.5 Å². The van der Waals surface area contributed by atoms with Crippen LogP contribution in [0, 0.1) is 6.92 Å². The Morgan fingerprint density at radius 3 is 2.61 bits per heavy atom. The molecule has 1 saturated heterocycles. The third kappa shape index (κ3) is 3.25. The fourth-order valence-electron chi connectivity index (χ4n) is 4.32. The fraction of sp³-hybridized carbons (Fsp3) is 0.292. The van der Waals surface area contributed by atoms with Crippen LogP contribution in [0.1, 0.15) is 35.8 Å². The van der Waals surface area contributed by atoms with Crippen molar-refractivity contribution in [1.29, 1.82) is 0 Å². The first kappa shape index (κ1) is 17.3. The van der Waals surface area contributed by atoms with Crippen molar-refractivity contribution in [2.24, 2.45) is 0 Å². The number of rotatable bonds is 4. The molecule has 2 aromatic carbocycles. The summed E-state index contributed by atoms with van der Waals surface area (Å²) < 4.78 is 5.93. The van der Waals surface area contributed by atoms with Crippen LogP contribution in [0.3, 0.4) is 0 Å². The van der Waals surface area contributed by atoms with E-state index in [1.807, 2.05) is 37.3 Å². The SMILES string of the molecule is Cc1oc(-c2ccccc2)nc1CN1CCC(c2c[nH]c3ccccc23)CC1. The first-order valence-electron chi connectivity index (χ1n) is 10.1. The molecule has 4 nitrogen and oxygen atoms in total. The maximum atomic E-state index is 5.93. The second-order valence-corrected chi connectivity index (χ2v) is 7.73. The van der Waals surface area contributed by atoms with E-state index in [9.17, 15) is 0 Å². The molecule has 0 radical (unpaired) electrons. The Hall–Kier alpha value is -2.85. The van der Waals surface area contributed by atoms with Crippen molar-refractivity contribution in [1.82, 2.24) is 14.9 Å². The average molecular weight is 371 g/mol. The number of likely N-dealkylation sites (tertiary alicyclic amines) is 1. The van der Waals surface area contributed by atoms with Gasteiger partial charge in [0.15, 0.2) is 0 Å². The molecule has 1 aliphatic heterocycles. The Morgan fingerprint density at radius 1 is 1.04 bits per heavy atom. The van der Waals surface area contributed by atoms with Gasteiger partial charge >= 0.3 is 0 Å². The molecule has 5 rings (SSSR count). The maximum Gasteiger partial charge on any atom is 0.226 e. The molecule has 0 atom stereocenters. The van der Waals surface area contributed by atoms with Gasteiger partial charge in [-0.1, -0.05) is 36.4 Å². The molecule has 4 aromatic rings. The molecule has 0 spiro atoms. The van der Waals surface area contributed by atoms with Crippen molar-refractivity contribution in [3.63, 3.8) is 0 Å². The largest absolute Gasteiger partial charge is 0.441 e. The smallest absolute Gasteiger partial charge is 0.226 e. The van der Waals surface area contributed by atoms with Crippen LogP contribution in [0.4, 0.5) is 0 Å². The van der Waals surface area contributed by atoms with Gasteiger partial charge in [-0.25, -0.2) is 4.98 Å². The maximum absolute atomic E-state index is 5.93. The van der Waals surface area contributed by atoms with Crippen LogP contribution in [0.5, 0.6) is 0 Å². The molecule has 2 aromatic heterocycles. The average Bonchev–Trinajstić information content (AvgIpc) is 3.33. The first-order chi connectivity index (χ1) is 13.8. The van der Waals surface area contributed by atoms with E-state index < -0.39 is 0 Å². The standard InChI is InChI=1S/C24H25N3O/c1-17-23(26-24(28-17)19-7-3-2-4-8-19)16-27-13-11-18(12-14-27)21-15-25-22-10-6-5-9-20(21)22/h2-10,15,18,25H,11-14,16H2,1H3. The van der Waals surface area contributed by atoms with Crippen molar-refractivity contribution in [2.45, 2.75) is 32.2 Å². The highest BCUT2D eigenvalue weighted by atomic mass is 16.4. The highest BCUT2D eigenvalue weighted by Crippen LogP contribution is 2.33. The molecular formula is C24H25N3O. The van der Waals surface area contributed by atoms with Crippen molar-refractivity contribution in [2.75, 3.05) is 13.1 Å². The molecule has 0 aliphatic carbocycles. The number of aromatic nitrogens is 2. The van der Waals surface area contributed by atoms with E-state index in [0.717, 1.165) is 42.5 Å². The van der Waals surface area contributed by atoms with Crippen LogP contribution in [0.2, 0.25) is 0 Å².